The van der Waals surface area contributed by atoms with Crippen LogP contribution in [0.25, 0.3) is 11.1 Å². The molecule has 1 saturated carbocycles. The first-order valence-electron chi connectivity index (χ1n) is 14.5. The van der Waals surface area contributed by atoms with Crippen LogP contribution >= 0.6 is 0 Å². The standard InChI is InChI=1S/C31H26F8N4O5/c1-14-25(16-5-17(30(34,35)36)8-18(6-16)31(37,38)39)48-28(46)43(14)11-23-22(10-40-27(41-23)42-12-29(32,33)13-42)20-7-15(3-4-24(20)47-2)19-9-21(19)26(44)45/h3-8,10,14,19,21,25H,9,11-13H2,1-2H3,(H,44,45)/t14-,19?,21-,25-/m0/s1. The molecule has 0 spiro atoms. The van der Waals surface area contributed by atoms with Gasteiger partial charge in [-0.25, -0.2) is 23.5 Å². The largest absolute Gasteiger partial charge is 0.496 e. The highest BCUT2D eigenvalue weighted by atomic mass is 19.4. The predicted molar refractivity (Wildman–Crippen MR) is 150 cm³/mol. The van der Waals surface area contributed by atoms with Gasteiger partial charge in [0.1, 0.15) is 11.9 Å². The molecule has 2 aromatic carbocycles. The second-order valence-corrected chi connectivity index (χ2v) is 12.0. The molecule has 1 aliphatic carbocycles. The SMILES string of the molecule is COc1ccc(C2C[C@@H]2C(=O)O)cc1-c1cnc(N2CC(F)(F)C2)nc1CN1C(=O)O[C@H](c2cc(C(F)(F)F)cc(C(F)(F)F)c2)[C@@H]1C. The van der Waals surface area contributed by atoms with Gasteiger partial charge in [-0.3, -0.25) is 9.69 Å². The number of nitrogens with zero attached hydrogens (tertiary/aromatic N) is 4. The average Bonchev–Trinajstić information content (AvgIpc) is 3.76. The number of rotatable bonds is 8. The quantitative estimate of drug-likeness (QED) is 0.255. The number of benzene rings is 2. The molecule has 6 rings (SSSR count). The molecular formula is C31H26F8N4O5. The number of ether oxygens (including phenoxy) is 2. The Morgan fingerprint density at radius 2 is 1.67 bits per heavy atom. The van der Waals surface area contributed by atoms with Crippen molar-refractivity contribution in [3.8, 4) is 16.9 Å². The molecule has 3 aromatic rings. The van der Waals surface area contributed by atoms with Crippen LogP contribution in [0.2, 0.25) is 0 Å². The van der Waals surface area contributed by atoms with E-state index in [1.807, 2.05) is 0 Å². The third-order valence-corrected chi connectivity index (χ3v) is 8.68. The van der Waals surface area contributed by atoms with Gasteiger partial charge < -0.3 is 19.5 Å². The van der Waals surface area contributed by atoms with Crippen LogP contribution in [0, 0.1) is 5.92 Å². The number of hydrogen-bond donors (Lipinski definition) is 1. The molecule has 2 aliphatic heterocycles. The van der Waals surface area contributed by atoms with Crippen LogP contribution in [0.5, 0.6) is 5.75 Å². The van der Waals surface area contributed by atoms with E-state index in [0.717, 1.165) is 4.90 Å². The van der Waals surface area contributed by atoms with E-state index < -0.39 is 84.7 Å². The van der Waals surface area contributed by atoms with Crippen LogP contribution in [0.3, 0.4) is 0 Å². The molecule has 1 amide bonds. The summed E-state index contributed by atoms with van der Waals surface area (Å²) in [5.74, 6) is -4.63. The van der Waals surface area contributed by atoms with Crippen molar-refractivity contribution in [2.24, 2.45) is 5.92 Å². The Hall–Kier alpha value is -4.70. The van der Waals surface area contributed by atoms with E-state index in [0.29, 0.717) is 35.4 Å². The third kappa shape index (κ3) is 6.29. The van der Waals surface area contributed by atoms with Gasteiger partial charge in [-0.05, 0) is 60.7 Å². The van der Waals surface area contributed by atoms with Gasteiger partial charge in [0, 0.05) is 17.3 Å². The number of halogens is 8. The number of aromatic nitrogens is 2. The molecule has 3 fully saturated rings. The zero-order valence-electron chi connectivity index (χ0n) is 25.1. The van der Waals surface area contributed by atoms with Crippen LogP contribution < -0.4 is 9.64 Å². The van der Waals surface area contributed by atoms with Crippen molar-refractivity contribution < 1.29 is 59.3 Å². The van der Waals surface area contributed by atoms with Crippen molar-refractivity contribution in [3.63, 3.8) is 0 Å². The fourth-order valence-electron chi connectivity index (χ4n) is 6.03. The summed E-state index contributed by atoms with van der Waals surface area (Å²) in [6, 6.07) is 4.80. The van der Waals surface area contributed by atoms with E-state index >= 15 is 0 Å². The summed E-state index contributed by atoms with van der Waals surface area (Å²) in [6.45, 7) is -0.388. The maximum atomic E-state index is 13.7. The average molecular weight is 687 g/mol. The fourth-order valence-corrected chi connectivity index (χ4v) is 6.03. The van der Waals surface area contributed by atoms with Crippen molar-refractivity contribution in [3.05, 3.63) is 70.5 Å². The van der Waals surface area contributed by atoms with Crippen molar-refractivity contribution in [2.45, 2.75) is 56.2 Å². The number of carboxylic acid groups (broad SMARTS) is 1. The van der Waals surface area contributed by atoms with Gasteiger partial charge in [-0.15, -0.1) is 0 Å². The predicted octanol–water partition coefficient (Wildman–Crippen LogP) is 6.92. The van der Waals surface area contributed by atoms with Crippen molar-refractivity contribution in [1.29, 1.82) is 0 Å². The van der Waals surface area contributed by atoms with Gasteiger partial charge in [-0.2, -0.15) is 26.3 Å². The topological polar surface area (TPSA) is 105 Å². The highest BCUT2D eigenvalue weighted by Crippen LogP contribution is 2.49. The second-order valence-electron chi connectivity index (χ2n) is 12.0. The Morgan fingerprint density at radius 3 is 2.21 bits per heavy atom. The van der Waals surface area contributed by atoms with E-state index in [-0.39, 0.29) is 29.2 Å². The lowest BCUT2D eigenvalue weighted by Gasteiger charge is -2.38. The molecule has 3 heterocycles. The van der Waals surface area contributed by atoms with Crippen LogP contribution in [-0.4, -0.2) is 64.2 Å². The van der Waals surface area contributed by atoms with Gasteiger partial charge in [0.2, 0.25) is 5.95 Å². The highest BCUT2D eigenvalue weighted by Gasteiger charge is 2.47. The Kier molecular flexibility index (Phi) is 7.94. The number of hydrogen-bond acceptors (Lipinski definition) is 7. The Labute approximate surface area is 267 Å². The fraction of sp³-hybridized carbons (Fsp3) is 0.419. The second kappa shape index (κ2) is 11.5. The minimum absolute atomic E-state index is 0.0292. The number of carboxylic acids is 1. The Morgan fingerprint density at radius 1 is 1.02 bits per heavy atom. The van der Waals surface area contributed by atoms with Crippen LogP contribution in [-0.2, 0) is 28.4 Å². The third-order valence-electron chi connectivity index (χ3n) is 8.68. The van der Waals surface area contributed by atoms with Gasteiger partial charge in [0.25, 0.3) is 5.92 Å². The number of alkyl halides is 8. The lowest BCUT2D eigenvalue weighted by Crippen LogP contribution is -2.57. The molecular weight excluding hydrogens is 660 g/mol. The first kappa shape index (κ1) is 33.2. The molecule has 9 nitrogen and oxygen atoms in total. The first-order valence-corrected chi connectivity index (χ1v) is 14.5. The van der Waals surface area contributed by atoms with Gasteiger partial charge in [0.05, 0.1) is 55.5 Å². The first-order chi connectivity index (χ1) is 22.4. The van der Waals surface area contributed by atoms with E-state index in [2.05, 4.69) is 9.97 Å². The Bertz CT molecular complexity index is 1740. The van der Waals surface area contributed by atoms with E-state index in [1.54, 1.807) is 18.2 Å². The summed E-state index contributed by atoms with van der Waals surface area (Å²) in [6.07, 6.45) is -11.1. The van der Waals surface area contributed by atoms with Gasteiger partial charge in [-0.1, -0.05) is 6.07 Å². The number of methoxy groups -OCH3 is 1. The molecule has 1 aromatic heterocycles. The maximum absolute atomic E-state index is 13.7. The Balaban J connectivity index is 1.38. The molecule has 3 aliphatic rings. The summed E-state index contributed by atoms with van der Waals surface area (Å²) in [4.78, 5) is 35.6. The highest BCUT2D eigenvalue weighted by molar-refractivity contribution is 5.78. The summed E-state index contributed by atoms with van der Waals surface area (Å²) in [5, 5.41) is 9.42. The van der Waals surface area contributed by atoms with Crippen molar-refractivity contribution >= 4 is 18.0 Å². The summed E-state index contributed by atoms with van der Waals surface area (Å²) >= 11 is 0. The molecule has 256 valence electrons. The van der Waals surface area contributed by atoms with Gasteiger partial charge >= 0.3 is 24.4 Å². The summed E-state index contributed by atoms with van der Waals surface area (Å²) < 4.78 is 120. The lowest BCUT2D eigenvalue weighted by molar-refractivity contribution is -0.143. The smallest absolute Gasteiger partial charge is 0.416 e. The number of aliphatic carboxylic acids is 1. The van der Waals surface area contributed by atoms with E-state index in [1.165, 1.54) is 25.1 Å². The van der Waals surface area contributed by atoms with Crippen molar-refractivity contribution in [1.82, 2.24) is 14.9 Å². The molecule has 0 bridgehead atoms. The van der Waals surface area contributed by atoms with E-state index in [9.17, 15) is 49.8 Å². The zero-order chi connectivity index (χ0) is 34.9. The number of cyclic esters (lactones) is 1. The maximum Gasteiger partial charge on any atom is 0.416 e. The van der Waals surface area contributed by atoms with E-state index in [4.69, 9.17) is 9.47 Å². The van der Waals surface area contributed by atoms with Crippen LogP contribution in [0.15, 0.2) is 42.6 Å². The molecule has 4 atom stereocenters. The molecule has 48 heavy (non-hydrogen) atoms. The molecule has 0 radical (unpaired) electrons. The lowest BCUT2D eigenvalue weighted by atomic mass is 9.96. The minimum Gasteiger partial charge on any atom is -0.496 e. The monoisotopic (exact) mass is 686 g/mol. The minimum atomic E-state index is -5.12. The molecule has 1 N–H and O–H groups in total. The molecule has 17 heteroatoms. The van der Waals surface area contributed by atoms with Crippen molar-refractivity contribution in [2.75, 3.05) is 25.1 Å². The number of amides is 1. The number of anilines is 1. The van der Waals surface area contributed by atoms with Gasteiger partial charge in [0.15, 0.2) is 0 Å². The summed E-state index contributed by atoms with van der Waals surface area (Å²) in [5.41, 5.74) is -2.29. The zero-order valence-corrected chi connectivity index (χ0v) is 25.1. The molecule has 2 saturated heterocycles. The summed E-state index contributed by atoms with van der Waals surface area (Å²) in [7, 11) is 1.38. The number of carbonyl (C=O) groups excluding carboxylic acids is 1. The normalized spacial score (nSPS) is 23.5. The number of carbonyl (C=O) groups is 2. The molecule has 1 unspecified atom stereocenters. The van der Waals surface area contributed by atoms with Crippen LogP contribution in [0.4, 0.5) is 45.9 Å². The van der Waals surface area contributed by atoms with Crippen LogP contribution in [0.1, 0.15) is 53.3 Å².